The number of halogens is 3. The fraction of sp³-hybridized carbons (Fsp3) is 0.364. The maximum Gasteiger partial charge on any atom is 0.357 e. The minimum Gasteiger partial charge on any atom is -0.461 e. The van der Waals surface area contributed by atoms with Gasteiger partial charge in [0.05, 0.1) is 12.2 Å². The van der Waals surface area contributed by atoms with E-state index in [1.54, 1.807) is 6.92 Å². The average molecular weight is 275 g/mol. The molecule has 1 rings (SSSR count). The van der Waals surface area contributed by atoms with Crippen molar-refractivity contribution in [2.45, 2.75) is 19.2 Å². The number of nitriles is 1. The lowest BCUT2D eigenvalue weighted by Crippen LogP contribution is -2.12. The minimum atomic E-state index is -2.86. The third-order valence-corrected chi connectivity index (χ3v) is 2.37. The predicted molar refractivity (Wildman–Crippen MR) is 59.4 cm³/mol. The summed E-state index contributed by atoms with van der Waals surface area (Å²) in [6.45, 7) is 1.71. The van der Waals surface area contributed by atoms with Crippen molar-refractivity contribution >= 4 is 17.6 Å². The van der Waals surface area contributed by atoms with Crippen LogP contribution in [0.1, 0.15) is 40.7 Å². The number of carbonyl (C=O) groups is 1. The number of aromatic nitrogens is 1. The van der Waals surface area contributed by atoms with Gasteiger partial charge in [0.2, 0.25) is 0 Å². The molecule has 0 N–H and O–H groups in total. The maximum atomic E-state index is 12.7. The lowest BCUT2D eigenvalue weighted by atomic mass is 10.1. The Hall–Kier alpha value is -1.74. The van der Waals surface area contributed by atoms with Crippen molar-refractivity contribution < 1.29 is 18.3 Å². The molecule has 0 aliphatic heterocycles. The summed E-state index contributed by atoms with van der Waals surface area (Å²) in [5.41, 5.74) is -1.12. The van der Waals surface area contributed by atoms with Gasteiger partial charge >= 0.3 is 5.97 Å². The van der Waals surface area contributed by atoms with Gasteiger partial charge < -0.3 is 4.74 Å². The Morgan fingerprint density at radius 2 is 2.33 bits per heavy atom. The summed E-state index contributed by atoms with van der Waals surface area (Å²) in [6.07, 6.45) is -2.86. The van der Waals surface area contributed by atoms with Crippen molar-refractivity contribution in [1.82, 2.24) is 4.98 Å². The van der Waals surface area contributed by atoms with E-state index >= 15 is 0 Å². The van der Waals surface area contributed by atoms with Crippen molar-refractivity contribution in [3.63, 3.8) is 0 Å². The van der Waals surface area contributed by atoms with Gasteiger partial charge in [0.1, 0.15) is 11.8 Å². The minimum absolute atomic E-state index is 0.112. The molecule has 0 unspecified atom stereocenters. The van der Waals surface area contributed by atoms with Gasteiger partial charge in [-0.05, 0) is 13.0 Å². The second-order valence-electron chi connectivity index (χ2n) is 3.20. The molecule has 96 valence electrons. The van der Waals surface area contributed by atoms with Gasteiger partial charge in [-0.1, -0.05) is 0 Å². The van der Waals surface area contributed by atoms with Crippen LogP contribution in [0.3, 0.4) is 0 Å². The molecule has 0 amide bonds. The molecular formula is C11H9ClF2N2O2. The molecule has 0 fully saturated rings. The SMILES string of the molecule is CCOC(=O)c1nc(C#N)c(C(F)F)cc1CCl. The first kappa shape index (κ1) is 14.3. The molecule has 0 saturated heterocycles. The van der Waals surface area contributed by atoms with E-state index in [-0.39, 0.29) is 23.7 Å². The standard InChI is InChI=1S/C11H9ClF2N2O2/c1-2-18-11(17)9-6(4-12)3-7(10(13)14)8(5-15)16-9/h3,10H,2,4H2,1H3. The monoisotopic (exact) mass is 274 g/mol. The second kappa shape index (κ2) is 6.26. The van der Waals surface area contributed by atoms with Gasteiger partial charge in [0.15, 0.2) is 5.69 Å². The molecule has 1 aromatic rings. The van der Waals surface area contributed by atoms with Crippen LogP contribution in [0.4, 0.5) is 8.78 Å². The number of nitrogens with zero attached hydrogens (tertiary/aromatic N) is 2. The first-order valence-corrected chi connectivity index (χ1v) is 5.53. The van der Waals surface area contributed by atoms with Crippen LogP contribution in [0.25, 0.3) is 0 Å². The number of esters is 1. The third kappa shape index (κ3) is 2.93. The number of pyridine rings is 1. The fourth-order valence-electron chi connectivity index (χ4n) is 1.31. The Morgan fingerprint density at radius 1 is 1.67 bits per heavy atom. The Labute approximate surface area is 107 Å². The number of ether oxygens (including phenoxy) is 1. The number of alkyl halides is 3. The summed E-state index contributed by atoms with van der Waals surface area (Å²) in [5, 5.41) is 8.74. The molecule has 0 radical (unpaired) electrons. The average Bonchev–Trinajstić information content (AvgIpc) is 2.37. The van der Waals surface area contributed by atoms with E-state index in [1.165, 1.54) is 6.07 Å². The van der Waals surface area contributed by atoms with E-state index in [4.69, 9.17) is 21.6 Å². The molecule has 0 atom stereocenters. The Morgan fingerprint density at radius 3 is 2.78 bits per heavy atom. The van der Waals surface area contributed by atoms with Gasteiger partial charge in [-0.3, -0.25) is 0 Å². The van der Waals surface area contributed by atoms with Crippen molar-refractivity contribution in [3.8, 4) is 6.07 Å². The van der Waals surface area contributed by atoms with Gasteiger partial charge in [-0.15, -0.1) is 11.6 Å². The maximum absolute atomic E-state index is 12.7. The molecule has 0 saturated carbocycles. The summed E-state index contributed by atoms with van der Waals surface area (Å²) >= 11 is 5.57. The molecule has 0 aromatic carbocycles. The zero-order valence-corrected chi connectivity index (χ0v) is 10.2. The highest BCUT2D eigenvalue weighted by molar-refractivity contribution is 6.17. The van der Waals surface area contributed by atoms with E-state index < -0.39 is 23.7 Å². The van der Waals surface area contributed by atoms with Crippen LogP contribution in [0, 0.1) is 11.3 Å². The van der Waals surface area contributed by atoms with Crippen LogP contribution in [-0.2, 0) is 10.6 Å². The molecule has 0 aliphatic rings. The Balaban J connectivity index is 3.36. The molecule has 18 heavy (non-hydrogen) atoms. The topological polar surface area (TPSA) is 63.0 Å². The number of hydrogen-bond donors (Lipinski definition) is 0. The Kier molecular flexibility index (Phi) is 4.98. The van der Waals surface area contributed by atoms with Crippen LogP contribution in [0.2, 0.25) is 0 Å². The number of rotatable bonds is 4. The quantitative estimate of drug-likeness (QED) is 0.625. The van der Waals surface area contributed by atoms with Crippen LogP contribution in [-0.4, -0.2) is 17.6 Å². The van der Waals surface area contributed by atoms with Gasteiger partial charge in [0, 0.05) is 11.4 Å². The summed E-state index contributed by atoms with van der Waals surface area (Å²) in [7, 11) is 0. The summed E-state index contributed by atoms with van der Waals surface area (Å²) < 4.78 is 30.0. The zero-order chi connectivity index (χ0) is 13.7. The number of hydrogen-bond acceptors (Lipinski definition) is 4. The first-order chi connectivity index (χ1) is 8.54. The van der Waals surface area contributed by atoms with Crippen LogP contribution in [0.15, 0.2) is 6.07 Å². The van der Waals surface area contributed by atoms with Crippen molar-refractivity contribution in [1.29, 1.82) is 5.26 Å². The largest absolute Gasteiger partial charge is 0.461 e. The van der Waals surface area contributed by atoms with Gasteiger partial charge in [-0.25, -0.2) is 18.6 Å². The van der Waals surface area contributed by atoms with E-state index in [0.29, 0.717) is 0 Å². The molecular weight excluding hydrogens is 266 g/mol. The van der Waals surface area contributed by atoms with Crippen molar-refractivity contribution in [2.24, 2.45) is 0 Å². The predicted octanol–water partition coefficient (Wildman–Crippen LogP) is 2.81. The summed E-state index contributed by atoms with van der Waals surface area (Å²) in [4.78, 5) is 15.1. The van der Waals surface area contributed by atoms with Crippen LogP contribution in [0.5, 0.6) is 0 Å². The zero-order valence-electron chi connectivity index (χ0n) is 9.41. The molecule has 7 heteroatoms. The summed E-state index contributed by atoms with van der Waals surface area (Å²) in [6, 6.07) is 2.53. The van der Waals surface area contributed by atoms with Crippen LogP contribution >= 0.6 is 11.6 Å². The smallest absolute Gasteiger partial charge is 0.357 e. The van der Waals surface area contributed by atoms with E-state index in [0.717, 1.165) is 6.07 Å². The lowest BCUT2D eigenvalue weighted by molar-refractivity contribution is 0.0517. The first-order valence-electron chi connectivity index (χ1n) is 5.00. The Bertz CT molecular complexity index is 501. The molecule has 1 aromatic heterocycles. The van der Waals surface area contributed by atoms with Crippen LogP contribution < -0.4 is 0 Å². The highest BCUT2D eigenvalue weighted by Crippen LogP contribution is 2.25. The normalized spacial score (nSPS) is 10.2. The highest BCUT2D eigenvalue weighted by atomic mass is 35.5. The summed E-state index contributed by atoms with van der Waals surface area (Å²) in [5.74, 6) is -0.961. The molecule has 0 aliphatic carbocycles. The van der Waals surface area contributed by atoms with Crippen molar-refractivity contribution in [3.05, 3.63) is 28.6 Å². The lowest BCUT2D eigenvalue weighted by Gasteiger charge is -2.09. The molecule has 4 nitrogen and oxygen atoms in total. The van der Waals surface area contributed by atoms with Gasteiger partial charge in [-0.2, -0.15) is 5.26 Å². The van der Waals surface area contributed by atoms with E-state index in [2.05, 4.69) is 4.98 Å². The third-order valence-electron chi connectivity index (χ3n) is 2.08. The van der Waals surface area contributed by atoms with E-state index in [9.17, 15) is 13.6 Å². The fourth-order valence-corrected chi connectivity index (χ4v) is 1.51. The molecule has 0 bridgehead atoms. The number of carbonyl (C=O) groups excluding carboxylic acids is 1. The van der Waals surface area contributed by atoms with E-state index in [1.807, 2.05) is 0 Å². The second-order valence-corrected chi connectivity index (χ2v) is 3.47. The van der Waals surface area contributed by atoms with Crippen molar-refractivity contribution in [2.75, 3.05) is 6.61 Å². The van der Waals surface area contributed by atoms with Gasteiger partial charge in [0.25, 0.3) is 6.43 Å². The molecule has 1 heterocycles. The highest BCUT2D eigenvalue weighted by Gasteiger charge is 2.22. The molecule has 0 spiro atoms.